The van der Waals surface area contributed by atoms with Crippen molar-refractivity contribution in [2.75, 3.05) is 13.2 Å². The monoisotopic (exact) mass is 422 g/mol. The van der Waals surface area contributed by atoms with Crippen LogP contribution < -0.4 is 0 Å². The minimum Gasteiger partial charge on any atom is -0.465 e. The molecule has 0 saturated carbocycles. The fourth-order valence-electron chi connectivity index (χ4n) is 1.21. The lowest BCUT2D eigenvalue weighted by Gasteiger charge is -2.19. The normalized spacial score (nSPS) is 13.7. The van der Waals surface area contributed by atoms with E-state index in [1.165, 1.54) is 0 Å². The summed E-state index contributed by atoms with van der Waals surface area (Å²) >= 11 is 0. The maximum absolute atomic E-state index is 12.5. The number of carbonyl (C=O) groups is 2. The first-order valence-electron chi connectivity index (χ1n) is 6.87. The predicted molar refractivity (Wildman–Crippen MR) is 66.9 cm³/mol. The molecule has 0 aromatic carbocycles. The molecule has 0 spiro atoms. The van der Waals surface area contributed by atoms with Gasteiger partial charge in [-0.25, -0.2) is 4.79 Å². The molecular formula is C13H12F10O4. The number of carbonyl (C=O) groups excluding carboxylic acids is 2. The lowest BCUT2D eigenvalue weighted by atomic mass is 10.2. The number of ether oxygens (including phenoxy) is 2. The van der Waals surface area contributed by atoms with Gasteiger partial charge >= 0.3 is 36.1 Å². The Kier molecular flexibility index (Phi) is 8.57. The van der Waals surface area contributed by atoms with Crippen molar-refractivity contribution in [3.63, 3.8) is 0 Å². The fourth-order valence-corrected chi connectivity index (χ4v) is 1.21. The van der Waals surface area contributed by atoms with E-state index in [2.05, 4.69) is 9.47 Å². The van der Waals surface area contributed by atoms with Gasteiger partial charge in [-0.2, -0.15) is 43.9 Å². The lowest BCUT2D eigenvalue weighted by Crippen LogP contribution is -2.37. The highest BCUT2D eigenvalue weighted by Crippen LogP contribution is 2.38. The molecule has 14 heteroatoms. The fraction of sp³-hybridized carbons (Fsp3) is 0.692. The van der Waals surface area contributed by atoms with Gasteiger partial charge in [-0.15, -0.1) is 0 Å². The Morgan fingerprint density at radius 2 is 1.11 bits per heavy atom. The molecule has 0 unspecified atom stereocenters. The van der Waals surface area contributed by atoms with E-state index in [1.807, 2.05) is 0 Å². The Bertz CT molecular complexity index is 536. The number of hydrogen-bond donors (Lipinski definition) is 0. The number of halogens is 10. The van der Waals surface area contributed by atoms with Crippen LogP contribution in [0.25, 0.3) is 0 Å². The second-order valence-corrected chi connectivity index (χ2v) is 4.90. The SMILES string of the molecule is O=C(/C=C/CC(=O)OCCC(F)(F)C(F)(F)F)OCCC(F)(F)C(F)(F)F. The predicted octanol–water partition coefficient (Wildman–Crippen LogP) is 4.19. The van der Waals surface area contributed by atoms with E-state index < -0.39 is 68.6 Å². The second-order valence-electron chi connectivity index (χ2n) is 4.90. The average molecular weight is 422 g/mol. The molecule has 0 aromatic heterocycles. The number of hydrogen-bond acceptors (Lipinski definition) is 4. The summed E-state index contributed by atoms with van der Waals surface area (Å²) in [6.07, 6.45) is -14.9. The van der Waals surface area contributed by atoms with Crippen molar-refractivity contribution in [3.8, 4) is 0 Å². The maximum Gasteiger partial charge on any atom is 0.453 e. The standard InChI is InChI=1S/C13H12F10O4/c14-10(15,12(18,19)20)4-6-26-8(24)2-1-3-9(25)27-7-5-11(16,17)13(21,22)23/h1-2H,3-7H2/b2-1+. The van der Waals surface area contributed by atoms with Gasteiger partial charge in [-0.1, -0.05) is 6.08 Å². The van der Waals surface area contributed by atoms with Crippen molar-refractivity contribution in [2.45, 2.75) is 43.5 Å². The third-order valence-corrected chi connectivity index (χ3v) is 2.71. The van der Waals surface area contributed by atoms with E-state index in [0.717, 1.165) is 0 Å². The first kappa shape index (κ1) is 25.0. The summed E-state index contributed by atoms with van der Waals surface area (Å²) in [6.45, 7) is -2.55. The maximum atomic E-state index is 12.5. The highest BCUT2D eigenvalue weighted by molar-refractivity contribution is 5.83. The Morgan fingerprint density at radius 1 is 0.704 bits per heavy atom. The topological polar surface area (TPSA) is 52.6 Å². The van der Waals surface area contributed by atoms with Gasteiger partial charge in [0, 0.05) is 6.08 Å². The first-order chi connectivity index (χ1) is 12.0. The molecule has 0 aliphatic carbocycles. The van der Waals surface area contributed by atoms with Crippen LogP contribution in [0.4, 0.5) is 43.9 Å². The number of rotatable bonds is 9. The Morgan fingerprint density at radius 3 is 1.52 bits per heavy atom. The molecule has 0 atom stereocenters. The summed E-state index contributed by atoms with van der Waals surface area (Å²) in [4.78, 5) is 22.0. The van der Waals surface area contributed by atoms with Gasteiger partial charge in [0.05, 0.1) is 32.5 Å². The zero-order valence-corrected chi connectivity index (χ0v) is 13.1. The van der Waals surface area contributed by atoms with Crippen LogP contribution in [-0.2, 0) is 19.1 Å². The summed E-state index contributed by atoms with van der Waals surface area (Å²) < 4.78 is 129. The molecule has 0 fully saturated rings. The van der Waals surface area contributed by atoms with Crippen LogP contribution in [0.5, 0.6) is 0 Å². The Balaban J connectivity index is 4.14. The van der Waals surface area contributed by atoms with Gasteiger partial charge in [0.25, 0.3) is 0 Å². The quantitative estimate of drug-likeness (QED) is 0.318. The highest BCUT2D eigenvalue weighted by Gasteiger charge is 2.57. The molecule has 158 valence electrons. The molecule has 0 heterocycles. The van der Waals surface area contributed by atoms with E-state index in [4.69, 9.17) is 0 Å². The number of esters is 2. The van der Waals surface area contributed by atoms with Crippen LogP contribution in [-0.4, -0.2) is 49.4 Å². The first-order valence-corrected chi connectivity index (χ1v) is 6.87. The zero-order valence-electron chi connectivity index (χ0n) is 13.1. The van der Waals surface area contributed by atoms with Crippen molar-refractivity contribution in [3.05, 3.63) is 12.2 Å². The molecule has 0 amide bonds. The largest absolute Gasteiger partial charge is 0.465 e. The Labute approximate surface area is 145 Å². The van der Waals surface area contributed by atoms with Crippen molar-refractivity contribution >= 4 is 11.9 Å². The molecule has 0 radical (unpaired) electrons. The minimum atomic E-state index is -5.82. The molecule has 0 aromatic rings. The molecule has 27 heavy (non-hydrogen) atoms. The molecule has 4 nitrogen and oxygen atoms in total. The average Bonchev–Trinajstić information content (AvgIpc) is 2.44. The molecule has 0 rings (SSSR count). The van der Waals surface area contributed by atoms with E-state index in [1.54, 1.807) is 0 Å². The van der Waals surface area contributed by atoms with Gasteiger partial charge in [0.1, 0.15) is 0 Å². The van der Waals surface area contributed by atoms with Gasteiger partial charge < -0.3 is 9.47 Å². The van der Waals surface area contributed by atoms with E-state index in [9.17, 15) is 53.5 Å². The summed E-state index contributed by atoms with van der Waals surface area (Å²) in [5.74, 6) is -12.8. The Hall–Kier alpha value is -2.02. The van der Waals surface area contributed by atoms with Crippen molar-refractivity contribution < 1.29 is 63.0 Å². The van der Waals surface area contributed by atoms with Crippen LogP contribution in [0.1, 0.15) is 19.3 Å². The van der Waals surface area contributed by atoms with Gasteiger partial charge in [0.2, 0.25) is 0 Å². The third kappa shape index (κ3) is 8.95. The molecule has 0 aliphatic rings. The second kappa shape index (κ2) is 9.26. The zero-order chi connectivity index (χ0) is 21.5. The molecule has 0 saturated heterocycles. The van der Waals surface area contributed by atoms with Crippen molar-refractivity contribution in [1.29, 1.82) is 0 Å². The summed E-state index contributed by atoms with van der Waals surface area (Å²) in [5, 5.41) is 0. The summed E-state index contributed by atoms with van der Waals surface area (Å²) in [6, 6.07) is 0. The van der Waals surface area contributed by atoms with Crippen LogP contribution in [0.15, 0.2) is 12.2 Å². The van der Waals surface area contributed by atoms with Gasteiger partial charge in [-0.05, 0) is 0 Å². The number of alkyl halides is 10. The van der Waals surface area contributed by atoms with Crippen LogP contribution in [0.2, 0.25) is 0 Å². The van der Waals surface area contributed by atoms with E-state index >= 15 is 0 Å². The summed E-state index contributed by atoms with van der Waals surface area (Å²) in [7, 11) is 0. The van der Waals surface area contributed by atoms with Crippen LogP contribution in [0, 0.1) is 0 Å². The van der Waals surface area contributed by atoms with Crippen molar-refractivity contribution in [1.82, 2.24) is 0 Å². The van der Waals surface area contributed by atoms with Crippen molar-refractivity contribution in [2.24, 2.45) is 0 Å². The lowest BCUT2D eigenvalue weighted by molar-refractivity contribution is -0.286. The van der Waals surface area contributed by atoms with E-state index in [-0.39, 0.29) is 0 Å². The van der Waals surface area contributed by atoms with Gasteiger partial charge in [0.15, 0.2) is 0 Å². The van der Waals surface area contributed by atoms with Crippen LogP contribution in [0.3, 0.4) is 0 Å². The van der Waals surface area contributed by atoms with Gasteiger partial charge in [-0.3, -0.25) is 4.79 Å². The molecular weight excluding hydrogens is 410 g/mol. The molecule has 0 bridgehead atoms. The van der Waals surface area contributed by atoms with E-state index in [0.29, 0.717) is 12.2 Å². The third-order valence-electron chi connectivity index (χ3n) is 2.71. The highest BCUT2D eigenvalue weighted by atomic mass is 19.4. The molecule has 0 aliphatic heterocycles. The molecule has 0 N–H and O–H groups in total. The summed E-state index contributed by atoms with van der Waals surface area (Å²) in [5.41, 5.74) is 0. The smallest absolute Gasteiger partial charge is 0.453 e. The minimum absolute atomic E-state index is 0.456. The van der Waals surface area contributed by atoms with Crippen LogP contribution >= 0.6 is 0 Å².